The minimum atomic E-state index is -0.283. The van der Waals surface area contributed by atoms with Crippen LogP contribution in [0.25, 0.3) is 0 Å². The van der Waals surface area contributed by atoms with Gasteiger partial charge in [0.15, 0.2) is 0 Å². The van der Waals surface area contributed by atoms with E-state index in [-0.39, 0.29) is 5.97 Å². The first-order valence-corrected chi connectivity index (χ1v) is 16.3. The van der Waals surface area contributed by atoms with Gasteiger partial charge in [0.2, 0.25) is 0 Å². The van der Waals surface area contributed by atoms with E-state index in [4.69, 9.17) is 14.2 Å². The van der Waals surface area contributed by atoms with Gasteiger partial charge in [-0.3, -0.25) is 0 Å². The lowest BCUT2D eigenvalue weighted by Gasteiger charge is -2.06. The number of ether oxygens (including phenoxy) is 3. The number of hydrogen-bond donors (Lipinski definition) is 0. The van der Waals surface area contributed by atoms with Gasteiger partial charge in [-0.15, -0.1) is 0 Å². The number of rotatable bonds is 19. The van der Waals surface area contributed by atoms with Crippen LogP contribution in [-0.2, 0) is 9.53 Å². The predicted octanol–water partition coefficient (Wildman–Crippen LogP) is 10.6. The highest BCUT2D eigenvalue weighted by atomic mass is 16.5. The van der Waals surface area contributed by atoms with Crippen molar-refractivity contribution in [2.45, 2.75) is 85.0 Å². The minimum Gasteiger partial charge on any atom is -0.494 e. The molecule has 0 bridgehead atoms. The lowest BCUT2D eigenvalue weighted by atomic mass is 10.1. The molecule has 0 amide bonds. The summed E-state index contributed by atoms with van der Waals surface area (Å²) in [6.07, 6.45) is 11.8. The monoisotopic (exact) mass is 608 g/mol. The van der Waals surface area contributed by atoms with Crippen molar-refractivity contribution in [3.8, 4) is 23.3 Å². The Hall–Kier alpha value is -4.37. The van der Waals surface area contributed by atoms with Crippen LogP contribution < -0.4 is 9.47 Å². The zero-order valence-electron chi connectivity index (χ0n) is 27.3. The summed E-state index contributed by atoms with van der Waals surface area (Å²) in [6.45, 7) is 11.2. The smallest absolute Gasteiger partial charge is 0.333 e. The molecule has 3 aromatic rings. The van der Waals surface area contributed by atoms with Crippen LogP contribution in [0.5, 0.6) is 11.5 Å². The van der Waals surface area contributed by atoms with Gasteiger partial charge in [0, 0.05) is 16.7 Å². The van der Waals surface area contributed by atoms with Crippen molar-refractivity contribution < 1.29 is 19.0 Å². The van der Waals surface area contributed by atoms with Crippen LogP contribution in [-0.4, -0.2) is 25.8 Å². The Morgan fingerprint density at radius 1 is 0.689 bits per heavy atom. The number of unbranched alkanes of at least 4 members (excludes halogenated alkanes) is 9. The van der Waals surface area contributed by atoms with Gasteiger partial charge in [-0.05, 0) is 106 Å². The molecular weight excluding hydrogens is 560 g/mol. The van der Waals surface area contributed by atoms with Crippen molar-refractivity contribution in [1.82, 2.24) is 0 Å². The summed E-state index contributed by atoms with van der Waals surface area (Å²) in [5, 5.41) is 8.79. The van der Waals surface area contributed by atoms with Crippen molar-refractivity contribution in [1.29, 1.82) is 0 Å². The van der Waals surface area contributed by atoms with E-state index in [1.165, 1.54) is 44.9 Å². The van der Waals surface area contributed by atoms with Crippen molar-refractivity contribution in [3.63, 3.8) is 0 Å². The fraction of sp³-hybridized carbons (Fsp3) is 0.410. The van der Waals surface area contributed by atoms with Gasteiger partial charge >= 0.3 is 5.97 Å². The standard InChI is InChI=1S/C39H48N2O4/c1-5-43-37-24-17-33(18-25-37)16-19-34-20-21-36(30-32(34)4)41-40-35-22-26-38(27-23-35)44-28-14-12-10-8-6-7-9-11-13-15-29-45-39(42)31(2)3/h17-18,20-27,30H,2,5-15,28-29H2,1,3-4H3. The summed E-state index contributed by atoms with van der Waals surface area (Å²) in [6, 6.07) is 21.5. The van der Waals surface area contributed by atoms with Gasteiger partial charge in [0.05, 0.1) is 31.2 Å². The maximum absolute atomic E-state index is 11.3. The largest absolute Gasteiger partial charge is 0.494 e. The molecule has 0 saturated carbocycles. The Labute approximate surface area is 269 Å². The molecule has 6 heteroatoms. The second-order valence-electron chi connectivity index (χ2n) is 11.2. The maximum Gasteiger partial charge on any atom is 0.333 e. The molecule has 0 atom stereocenters. The van der Waals surface area contributed by atoms with E-state index in [0.29, 0.717) is 18.8 Å². The summed E-state index contributed by atoms with van der Waals surface area (Å²) in [4.78, 5) is 11.3. The Kier molecular flexibility index (Phi) is 16.0. The van der Waals surface area contributed by atoms with E-state index >= 15 is 0 Å². The van der Waals surface area contributed by atoms with Gasteiger partial charge < -0.3 is 14.2 Å². The molecule has 0 N–H and O–H groups in total. The van der Waals surface area contributed by atoms with Gasteiger partial charge in [0.25, 0.3) is 0 Å². The zero-order chi connectivity index (χ0) is 32.1. The van der Waals surface area contributed by atoms with Crippen molar-refractivity contribution in [2.24, 2.45) is 10.2 Å². The molecule has 3 rings (SSSR count). The number of nitrogens with zero attached hydrogens (tertiary/aromatic N) is 2. The van der Waals surface area contributed by atoms with Crippen LogP contribution in [0.4, 0.5) is 11.4 Å². The van der Waals surface area contributed by atoms with Gasteiger partial charge in [-0.2, -0.15) is 10.2 Å². The topological polar surface area (TPSA) is 69.5 Å². The molecule has 0 aliphatic heterocycles. The van der Waals surface area contributed by atoms with Crippen molar-refractivity contribution in [3.05, 3.63) is 95.6 Å². The first kappa shape index (κ1) is 35.1. The Bertz CT molecular complexity index is 1420. The fourth-order valence-corrected chi connectivity index (χ4v) is 4.61. The third kappa shape index (κ3) is 14.3. The SMILES string of the molecule is C=C(C)C(=O)OCCCCCCCCCCCCOc1ccc(N=Nc2ccc(C#Cc3ccc(OCC)cc3)c(C)c2)cc1. The van der Waals surface area contributed by atoms with E-state index in [0.717, 1.165) is 65.4 Å². The van der Waals surface area contributed by atoms with E-state index in [1.807, 2.05) is 80.6 Å². The van der Waals surface area contributed by atoms with Crippen LogP contribution >= 0.6 is 0 Å². The molecule has 0 unspecified atom stereocenters. The van der Waals surface area contributed by atoms with Crippen LogP contribution in [0.15, 0.2) is 89.1 Å². The number of carbonyl (C=O) groups is 1. The van der Waals surface area contributed by atoms with Crippen LogP contribution in [0.2, 0.25) is 0 Å². The number of aryl methyl sites for hydroxylation is 1. The van der Waals surface area contributed by atoms with Crippen LogP contribution in [0.3, 0.4) is 0 Å². The highest BCUT2D eigenvalue weighted by Crippen LogP contribution is 2.23. The second-order valence-corrected chi connectivity index (χ2v) is 11.2. The fourth-order valence-electron chi connectivity index (χ4n) is 4.61. The lowest BCUT2D eigenvalue weighted by Crippen LogP contribution is -2.05. The number of azo groups is 1. The molecule has 0 radical (unpaired) electrons. The molecule has 0 spiro atoms. The molecule has 0 aliphatic rings. The number of hydrogen-bond acceptors (Lipinski definition) is 6. The summed E-state index contributed by atoms with van der Waals surface area (Å²) in [5.41, 5.74) is 5.01. The normalized spacial score (nSPS) is 10.7. The second kappa shape index (κ2) is 20.6. The van der Waals surface area contributed by atoms with Gasteiger partial charge in [-0.25, -0.2) is 4.79 Å². The molecule has 0 aliphatic carbocycles. The van der Waals surface area contributed by atoms with E-state index in [2.05, 4.69) is 28.6 Å². The Morgan fingerprint density at radius 2 is 1.22 bits per heavy atom. The van der Waals surface area contributed by atoms with Crippen LogP contribution in [0, 0.1) is 18.8 Å². The minimum absolute atomic E-state index is 0.283. The zero-order valence-corrected chi connectivity index (χ0v) is 27.3. The molecule has 0 heterocycles. The average Bonchev–Trinajstić information content (AvgIpc) is 3.04. The predicted molar refractivity (Wildman–Crippen MR) is 183 cm³/mol. The maximum atomic E-state index is 11.3. The summed E-state index contributed by atoms with van der Waals surface area (Å²) >= 11 is 0. The van der Waals surface area contributed by atoms with Gasteiger partial charge in [-0.1, -0.05) is 69.8 Å². The van der Waals surface area contributed by atoms with Gasteiger partial charge in [0.1, 0.15) is 11.5 Å². The highest BCUT2D eigenvalue weighted by Gasteiger charge is 2.02. The first-order chi connectivity index (χ1) is 21.9. The first-order valence-electron chi connectivity index (χ1n) is 16.3. The highest BCUT2D eigenvalue weighted by molar-refractivity contribution is 5.86. The molecule has 0 fully saturated rings. The molecule has 3 aromatic carbocycles. The summed E-state index contributed by atoms with van der Waals surface area (Å²) < 4.78 is 16.5. The van der Waals surface area contributed by atoms with E-state index in [1.54, 1.807) is 6.92 Å². The van der Waals surface area contributed by atoms with E-state index < -0.39 is 0 Å². The summed E-state index contributed by atoms with van der Waals surface area (Å²) in [5.74, 6) is 7.89. The Morgan fingerprint density at radius 3 is 1.82 bits per heavy atom. The third-order valence-electron chi connectivity index (χ3n) is 7.22. The quantitative estimate of drug-likeness (QED) is 0.0446. The average molecular weight is 609 g/mol. The van der Waals surface area contributed by atoms with E-state index in [9.17, 15) is 4.79 Å². The molecule has 238 valence electrons. The Balaban J connectivity index is 1.26. The van der Waals surface area contributed by atoms with Crippen molar-refractivity contribution >= 4 is 17.3 Å². The molecular formula is C39H48N2O4. The molecule has 6 nitrogen and oxygen atoms in total. The number of benzene rings is 3. The molecule has 0 aromatic heterocycles. The third-order valence-corrected chi connectivity index (χ3v) is 7.22. The lowest BCUT2D eigenvalue weighted by molar-refractivity contribution is -0.139. The number of carbonyl (C=O) groups excluding carboxylic acids is 1. The molecule has 0 saturated heterocycles. The number of esters is 1. The van der Waals surface area contributed by atoms with Crippen molar-refractivity contribution in [2.75, 3.05) is 19.8 Å². The van der Waals surface area contributed by atoms with Crippen LogP contribution in [0.1, 0.15) is 94.7 Å². The molecule has 45 heavy (non-hydrogen) atoms. The summed E-state index contributed by atoms with van der Waals surface area (Å²) in [7, 11) is 0.